The van der Waals surface area contributed by atoms with Crippen LogP contribution in [0.1, 0.15) is 38.3 Å². The minimum absolute atomic E-state index is 0.258. The van der Waals surface area contributed by atoms with E-state index in [0.717, 1.165) is 24.9 Å². The van der Waals surface area contributed by atoms with Gasteiger partial charge in [0, 0.05) is 13.1 Å². The summed E-state index contributed by atoms with van der Waals surface area (Å²) in [5.41, 5.74) is 2.00. The first-order valence-electron chi connectivity index (χ1n) is 6.42. The minimum atomic E-state index is -0.665. The zero-order chi connectivity index (χ0) is 12.5. The highest BCUT2D eigenvalue weighted by atomic mass is 16.3. The molecule has 0 aliphatic heterocycles. The maximum absolute atomic E-state index is 10.7. The summed E-state index contributed by atoms with van der Waals surface area (Å²) in [5, 5.41) is 14.1. The third-order valence-corrected chi connectivity index (χ3v) is 3.40. The molecular formula is C15H23NO. The number of rotatable bonds is 3. The monoisotopic (exact) mass is 233 g/mol. The quantitative estimate of drug-likeness (QED) is 0.840. The van der Waals surface area contributed by atoms with Crippen LogP contribution in [0.3, 0.4) is 0 Å². The summed E-state index contributed by atoms with van der Waals surface area (Å²) in [6, 6.07) is 8.24. The smallest absolute Gasteiger partial charge is 0.103 e. The second kappa shape index (κ2) is 4.43. The van der Waals surface area contributed by atoms with E-state index in [1.807, 2.05) is 12.1 Å². The Balaban J connectivity index is 2.02. The van der Waals surface area contributed by atoms with E-state index in [0.29, 0.717) is 6.54 Å². The molecule has 1 aliphatic rings. The van der Waals surface area contributed by atoms with Gasteiger partial charge in [0.05, 0.1) is 0 Å². The molecule has 2 nitrogen and oxygen atoms in total. The van der Waals surface area contributed by atoms with Crippen molar-refractivity contribution in [1.82, 2.24) is 5.32 Å². The number of benzene rings is 1. The first kappa shape index (κ1) is 12.6. The van der Waals surface area contributed by atoms with Gasteiger partial charge in [-0.1, -0.05) is 45.0 Å². The van der Waals surface area contributed by atoms with Crippen LogP contribution in [-0.2, 0) is 12.0 Å². The molecule has 17 heavy (non-hydrogen) atoms. The van der Waals surface area contributed by atoms with Crippen molar-refractivity contribution in [3.8, 4) is 0 Å². The van der Waals surface area contributed by atoms with Crippen molar-refractivity contribution in [1.29, 1.82) is 0 Å². The lowest BCUT2D eigenvalue weighted by Gasteiger charge is -2.27. The van der Waals surface area contributed by atoms with Crippen molar-refractivity contribution < 1.29 is 5.11 Å². The molecule has 2 heteroatoms. The Kier molecular flexibility index (Phi) is 3.28. The molecule has 1 aromatic carbocycles. The van der Waals surface area contributed by atoms with Crippen LogP contribution in [0.2, 0.25) is 0 Å². The molecule has 1 unspecified atom stereocenters. The number of hydrogen-bond acceptors (Lipinski definition) is 2. The van der Waals surface area contributed by atoms with Gasteiger partial charge in [0.15, 0.2) is 0 Å². The van der Waals surface area contributed by atoms with Crippen LogP contribution in [0.5, 0.6) is 0 Å². The normalized spacial score (nSPS) is 23.8. The van der Waals surface area contributed by atoms with Crippen molar-refractivity contribution in [3.05, 3.63) is 35.4 Å². The Labute approximate surface area is 104 Å². The fourth-order valence-electron chi connectivity index (χ4n) is 2.50. The molecule has 0 bridgehead atoms. The summed E-state index contributed by atoms with van der Waals surface area (Å²) >= 11 is 0. The van der Waals surface area contributed by atoms with Crippen LogP contribution in [0, 0.1) is 5.41 Å². The van der Waals surface area contributed by atoms with Gasteiger partial charge >= 0.3 is 0 Å². The maximum Gasteiger partial charge on any atom is 0.103 e. The Bertz CT molecular complexity index is 394. The molecule has 1 aliphatic carbocycles. The fourth-order valence-corrected chi connectivity index (χ4v) is 2.50. The van der Waals surface area contributed by atoms with E-state index in [9.17, 15) is 5.11 Å². The van der Waals surface area contributed by atoms with E-state index in [1.165, 1.54) is 5.56 Å². The molecule has 0 heterocycles. The molecule has 0 amide bonds. The highest BCUT2D eigenvalue weighted by molar-refractivity contribution is 5.37. The topological polar surface area (TPSA) is 32.3 Å². The first-order chi connectivity index (χ1) is 7.91. The number of aliphatic hydroxyl groups is 1. The van der Waals surface area contributed by atoms with Crippen LogP contribution in [0.4, 0.5) is 0 Å². The lowest BCUT2D eigenvalue weighted by molar-refractivity contribution is 0.0369. The number of nitrogens with one attached hydrogen (secondary N) is 1. The number of hydrogen-bond donors (Lipinski definition) is 2. The molecule has 0 spiro atoms. The SMILES string of the molecule is CC(C)(C)CNCC1(O)CCc2ccccc21. The molecule has 1 aromatic rings. The average Bonchev–Trinajstić information content (AvgIpc) is 2.56. The van der Waals surface area contributed by atoms with Crippen molar-refractivity contribution >= 4 is 0 Å². The molecule has 1 atom stereocenters. The number of aryl methyl sites for hydroxylation is 1. The van der Waals surface area contributed by atoms with Crippen molar-refractivity contribution in [2.75, 3.05) is 13.1 Å². The Hall–Kier alpha value is -0.860. The minimum Gasteiger partial charge on any atom is -0.384 e. The van der Waals surface area contributed by atoms with E-state index in [4.69, 9.17) is 0 Å². The Morgan fingerprint density at radius 3 is 2.71 bits per heavy atom. The van der Waals surface area contributed by atoms with Gasteiger partial charge in [-0.15, -0.1) is 0 Å². The van der Waals surface area contributed by atoms with Gasteiger partial charge in [0.1, 0.15) is 5.60 Å². The summed E-state index contributed by atoms with van der Waals surface area (Å²) in [7, 11) is 0. The van der Waals surface area contributed by atoms with Gasteiger partial charge in [-0.3, -0.25) is 0 Å². The highest BCUT2D eigenvalue weighted by Gasteiger charge is 2.36. The molecule has 2 N–H and O–H groups in total. The number of fused-ring (bicyclic) bond motifs is 1. The second-order valence-electron chi connectivity index (χ2n) is 6.35. The van der Waals surface area contributed by atoms with Crippen LogP contribution < -0.4 is 5.32 Å². The van der Waals surface area contributed by atoms with Crippen molar-refractivity contribution in [2.45, 2.75) is 39.2 Å². The van der Waals surface area contributed by atoms with E-state index in [-0.39, 0.29) is 5.41 Å². The van der Waals surface area contributed by atoms with Crippen LogP contribution in [-0.4, -0.2) is 18.2 Å². The van der Waals surface area contributed by atoms with Gasteiger partial charge < -0.3 is 10.4 Å². The molecule has 0 aromatic heterocycles. The molecule has 2 rings (SSSR count). The van der Waals surface area contributed by atoms with Crippen LogP contribution in [0.25, 0.3) is 0 Å². The third-order valence-electron chi connectivity index (χ3n) is 3.40. The summed E-state index contributed by atoms with van der Waals surface area (Å²) < 4.78 is 0. The van der Waals surface area contributed by atoms with Crippen molar-refractivity contribution in [2.24, 2.45) is 5.41 Å². The average molecular weight is 233 g/mol. The summed E-state index contributed by atoms with van der Waals surface area (Å²) in [6.45, 7) is 8.19. The van der Waals surface area contributed by atoms with E-state index in [1.54, 1.807) is 0 Å². The predicted octanol–water partition coefficient (Wildman–Crippen LogP) is 2.46. The fraction of sp³-hybridized carbons (Fsp3) is 0.600. The molecule has 0 saturated heterocycles. The van der Waals surface area contributed by atoms with Gasteiger partial charge in [-0.05, 0) is 29.4 Å². The van der Waals surface area contributed by atoms with Gasteiger partial charge in [0.25, 0.3) is 0 Å². The second-order valence-corrected chi connectivity index (χ2v) is 6.35. The zero-order valence-electron chi connectivity index (χ0n) is 11.1. The van der Waals surface area contributed by atoms with E-state index >= 15 is 0 Å². The van der Waals surface area contributed by atoms with Gasteiger partial charge in [-0.25, -0.2) is 0 Å². The summed E-state index contributed by atoms with van der Waals surface area (Å²) in [5.74, 6) is 0. The standard InChI is InChI=1S/C15H23NO/c1-14(2,3)10-16-11-15(17)9-8-12-6-4-5-7-13(12)15/h4-7,16-17H,8-11H2,1-3H3. The van der Waals surface area contributed by atoms with E-state index in [2.05, 4.69) is 38.2 Å². The molecular weight excluding hydrogens is 210 g/mol. The molecule has 0 radical (unpaired) electrons. The molecule has 0 saturated carbocycles. The summed E-state index contributed by atoms with van der Waals surface area (Å²) in [4.78, 5) is 0. The molecule has 94 valence electrons. The van der Waals surface area contributed by atoms with Crippen LogP contribution >= 0.6 is 0 Å². The highest BCUT2D eigenvalue weighted by Crippen LogP contribution is 2.36. The van der Waals surface area contributed by atoms with Gasteiger partial charge in [-0.2, -0.15) is 0 Å². The lowest BCUT2D eigenvalue weighted by Crippen LogP contribution is -2.39. The zero-order valence-corrected chi connectivity index (χ0v) is 11.1. The van der Waals surface area contributed by atoms with Crippen LogP contribution in [0.15, 0.2) is 24.3 Å². The van der Waals surface area contributed by atoms with E-state index < -0.39 is 5.60 Å². The van der Waals surface area contributed by atoms with Gasteiger partial charge in [0.2, 0.25) is 0 Å². The Morgan fingerprint density at radius 2 is 2.00 bits per heavy atom. The molecule has 0 fully saturated rings. The summed E-state index contributed by atoms with van der Waals surface area (Å²) in [6.07, 6.45) is 1.83. The van der Waals surface area contributed by atoms with Crippen molar-refractivity contribution in [3.63, 3.8) is 0 Å². The lowest BCUT2D eigenvalue weighted by atomic mass is 9.93. The maximum atomic E-state index is 10.7. The third kappa shape index (κ3) is 2.88. The first-order valence-corrected chi connectivity index (χ1v) is 6.42. The predicted molar refractivity (Wildman–Crippen MR) is 71.0 cm³/mol. The largest absolute Gasteiger partial charge is 0.384 e. The Morgan fingerprint density at radius 1 is 1.29 bits per heavy atom.